The van der Waals surface area contributed by atoms with E-state index in [1.807, 2.05) is 6.92 Å². The van der Waals surface area contributed by atoms with Crippen LogP contribution in [0.15, 0.2) is 6.07 Å². The molecule has 2 rings (SSSR count). The zero-order chi connectivity index (χ0) is 9.97. The molecule has 1 aromatic heterocycles. The van der Waals surface area contributed by atoms with E-state index in [1.54, 1.807) is 0 Å². The lowest BCUT2D eigenvalue weighted by molar-refractivity contribution is 0.250. The third-order valence-corrected chi connectivity index (χ3v) is 2.56. The van der Waals surface area contributed by atoms with E-state index in [4.69, 9.17) is 5.11 Å². The van der Waals surface area contributed by atoms with Crippen molar-refractivity contribution >= 4 is 0 Å². The highest BCUT2D eigenvalue weighted by molar-refractivity contribution is 5.17. The van der Waals surface area contributed by atoms with Gasteiger partial charge in [0.15, 0.2) is 0 Å². The maximum atomic E-state index is 8.83. The lowest BCUT2D eigenvalue weighted by Gasteiger charge is -2.08. The van der Waals surface area contributed by atoms with Crippen molar-refractivity contribution in [3.05, 3.63) is 17.5 Å². The van der Waals surface area contributed by atoms with Gasteiger partial charge in [-0.3, -0.25) is 5.10 Å². The van der Waals surface area contributed by atoms with Gasteiger partial charge in [0.2, 0.25) is 0 Å². The topological polar surface area (TPSA) is 60.9 Å². The lowest BCUT2D eigenvalue weighted by Crippen LogP contribution is -2.28. The summed E-state index contributed by atoms with van der Waals surface area (Å²) in [7, 11) is 0. The third kappa shape index (κ3) is 2.33. The molecule has 14 heavy (non-hydrogen) atoms. The van der Waals surface area contributed by atoms with Crippen molar-refractivity contribution in [2.75, 3.05) is 6.61 Å². The van der Waals surface area contributed by atoms with Crippen LogP contribution in [0.2, 0.25) is 0 Å². The number of hydrogen-bond donors (Lipinski definition) is 3. The fourth-order valence-electron chi connectivity index (χ4n) is 1.41. The van der Waals surface area contributed by atoms with Crippen LogP contribution in [0, 0.1) is 0 Å². The van der Waals surface area contributed by atoms with Crippen molar-refractivity contribution in [1.29, 1.82) is 0 Å². The summed E-state index contributed by atoms with van der Waals surface area (Å²) < 4.78 is 0. The van der Waals surface area contributed by atoms with Crippen LogP contribution in [0.1, 0.15) is 37.1 Å². The molecule has 1 unspecified atom stereocenters. The number of aliphatic hydroxyl groups excluding tert-OH is 1. The lowest BCUT2D eigenvalue weighted by atomic mass is 10.2. The zero-order valence-electron chi connectivity index (χ0n) is 8.45. The van der Waals surface area contributed by atoms with E-state index in [1.165, 1.54) is 18.5 Å². The van der Waals surface area contributed by atoms with E-state index in [0.717, 1.165) is 12.2 Å². The van der Waals surface area contributed by atoms with Crippen molar-refractivity contribution < 1.29 is 5.11 Å². The highest BCUT2D eigenvalue weighted by atomic mass is 16.3. The van der Waals surface area contributed by atoms with Crippen molar-refractivity contribution in [3.63, 3.8) is 0 Å². The molecule has 78 valence electrons. The smallest absolute Gasteiger partial charge is 0.0656 e. The Morgan fingerprint density at radius 1 is 1.71 bits per heavy atom. The van der Waals surface area contributed by atoms with E-state index >= 15 is 0 Å². The van der Waals surface area contributed by atoms with Crippen LogP contribution in [-0.4, -0.2) is 28.0 Å². The summed E-state index contributed by atoms with van der Waals surface area (Å²) in [5.74, 6) is 0.704. The molecule has 0 aromatic carbocycles. The Hall–Kier alpha value is -0.870. The Kier molecular flexibility index (Phi) is 2.84. The molecular weight excluding hydrogens is 178 g/mol. The number of aromatic nitrogens is 2. The van der Waals surface area contributed by atoms with Gasteiger partial charge in [-0.15, -0.1) is 0 Å². The number of aromatic amines is 1. The minimum Gasteiger partial charge on any atom is -0.395 e. The van der Waals surface area contributed by atoms with Gasteiger partial charge in [0.25, 0.3) is 0 Å². The van der Waals surface area contributed by atoms with Gasteiger partial charge in [0, 0.05) is 24.2 Å². The van der Waals surface area contributed by atoms with Crippen LogP contribution in [-0.2, 0) is 6.54 Å². The van der Waals surface area contributed by atoms with Gasteiger partial charge in [0.05, 0.1) is 12.3 Å². The second kappa shape index (κ2) is 4.11. The van der Waals surface area contributed by atoms with Gasteiger partial charge in [-0.25, -0.2) is 0 Å². The number of nitrogens with zero attached hydrogens (tertiary/aromatic N) is 1. The molecule has 1 aliphatic rings. The fraction of sp³-hybridized carbons (Fsp3) is 0.700. The molecular formula is C10H17N3O. The molecule has 3 N–H and O–H groups in total. The summed E-state index contributed by atoms with van der Waals surface area (Å²) in [4.78, 5) is 0. The molecule has 1 aromatic rings. The number of rotatable bonds is 5. The second-order valence-corrected chi connectivity index (χ2v) is 4.06. The third-order valence-electron chi connectivity index (χ3n) is 2.56. The standard InChI is InChI=1S/C10H17N3O/c1-7(6-14)11-5-9-4-10(13-12-9)8-2-3-8/h4,7-8,11,14H,2-3,5-6H2,1H3,(H,12,13). The Labute approximate surface area is 83.7 Å². The Morgan fingerprint density at radius 2 is 2.50 bits per heavy atom. The van der Waals surface area contributed by atoms with E-state index in [0.29, 0.717) is 5.92 Å². The molecule has 0 radical (unpaired) electrons. The van der Waals surface area contributed by atoms with Gasteiger partial charge in [0.1, 0.15) is 0 Å². The number of nitrogens with one attached hydrogen (secondary N) is 2. The molecule has 4 nitrogen and oxygen atoms in total. The van der Waals surface area contributed by atoms with Gasteiger partial charge < -0.3 is 10.4 Å². The molecule has 0 aliphatic heterocycles. The average Bonchev–Trinajstić information content (AvgIpc) is 2.95. The van der Waals surface area contributed by atoms with Crippen LogP contribution in [0.5, 0.6) is 0 Å². The fourth-order valence-corrected chi connectivity index (χ4v) is 1.41. The molecule has 0 spiro atoms. The minimum absolute atomic E-state index is 0.141. The number of H-pyrrole nitrogens is 1. The van der Waals surface area contributed by atoms with Gasteiger partial charge >= 0.3 is 0 Å². The van der Waals surface area contributed by atoms with E-state index in [-0.39, 0.29) is 12.6 Å². The van der Waals surface area contributed by atoms with Crippen LogP contribution >= 0.6 is 0 Å². The Balaban J connectivity index is 1.83. The number of hydrogen-bond acceptors (Lipinski definition) is 3. The van der Waals surface area contributed by atoms with E-state index in [9.17, 15) is 0 Å². The molecule has 1 aliphatic carbocycles. The van der Waals surface area contributed by atoms with Gasteiger partial charge in [-0.05, 0) is 25.8 Å². The summed E-state index contributed by atoms with van der Waals surface area (Å²) >= 11 is 0. The van der Waals surface area contributed by atoms with Crippen LogP contribution in [0.4, 0.5) is 0 Å². The van der Waals surface area contributed by atoms with Crippen molar-refractivity contribution in [1.82, 2.24) is 15.5 Å². The molecule has 1 atom stereocenters. The van der Waals surface area contributed by atoms with Crippen molar-refractivity contribution in [2.24, 2.45) is 0 Å². The van der Waals surface area contributed by atoms with Gasteiger partial charge in [-0.2, -0.15) is 5.10 Å². The van der Waals surface area contributed by atoms with Gasteiger partial charge in [-0.1, -0.05) is 0 Å². The highest BCUT2D eigenvalue weighted by Crippen LogP contribution is 2.38. The molecule has 1 heterocycles. The molecule has 4 heteroatoms. The average molecular weight is 195 g/mol. The summed E-state index contributed by atoms with van der Waals surface area (Å²) in [5, 5.41) is 19.3. The SMILES string of the molecule is CC(CO)NCc1cc(C2CC2)n[nH]1. The molecule has 1 saturated carbocycles. The van der Waals surface area contributed by atoms with Crippen molar-refractivity contribution in [3.8, 4) is 0 Å². The quantitative estimate of drug-likeness (QED) is 0.650. The summed E-state index contributed by atoms with van der Waals surface area (Å²) in [6, 6.07) is 2.26. The second-order valence-electron chi connectivity index (χ2n) is 4.06. The molecule has 0 amide bonds. The summed E-state index contributed by atoms with van der Waals surface area (Å²) in [6.07, 6.45) is 2.57. The predicted octanol–water partition coefficient (Wildman–Crippen LogP) is 0.757. The minimum atomic E-state index is 0.141. The summed E-state index contributed by atoms with van der Waals surface area (Å²) in [6.45, 7) is 2.88. The van der Waals surface area contributed by atoms with E-state index in [2.05, 4.69) is 21.6 Å². The largest absolute Gasteiger partial charge is 0.395 e. The maximum absolute atomic E-state index is 8.83. The van der Waals surface area contributed by atoms with Crippen LogP contribution < -0.4 is 5.32 Å². The van der Waals surface area contributed by atoms with Crippen LogP contribution in [0.25, 0.3) is 0 Å². The van der Waals surface area contributed by atoms with Crippen molar-refractivity contribution in [2.45, 2.75) is 38.3 Å². The first kappa shape index (κ1) is 9.68. The molecule has 0 saturated heterocycles. The molecule has 0 bridgehead atoms. The monoisotopic (exact) mass is 195 g/mol. The first-order chi connectivity index (χ1) is 6.79. The Morgan fingerprint density at radius 3 is 3.14 bits per heavy atom. The normalized spacial score (nSPS) is 18.4. The Bertz CT molecular complexity index is 293. The first-order valence-electron chi connectivity index (χ1n) is 5.18. The predicted molar refractivity (Wildman–Crippen MR) is 54.0 cm³/mol. The maximum Gasteiger partial charge on any atom is 0.0656 e. The first-order valence-corrected chi connectivity index (χ1v) is 5.18. The zero-order valence-corrected chi connectivity index (χ0v) is 8.45. The van der Waals surface area contributed by atoms with Crippen LogP contribution in [0.3, 0.4) is 0 Å². The van der Waals surface area contributed by atoms with E-state index < -0.39 is 0 Å². The summed E-state index contributed by atoms with van der Waals surface area (Å²) in [5.41, 5.74) is 2.30. The number of aliphatic hydroxyl groups is 1. The highest BCUT2D eigenvalue weighted by Gasteiger charge is 2.25. The molecule has 1 fully saturated rings.